The average Bonchev–Trinajstić information content (AvgIpc) is 3.47. The van der Waals surface area contributed by atoms with Gasteiger partial charge in [0.05, 0.1) is 28.4 Å². The number of aliphatic carboxylic acids is 1. The van der Waals surface area contributed by atoms with Crippen LogP contribution in [0.1, 0.15) is 53.9 Å². The number of piperidine rings is 1. The number of rotatable bonds is 7. The van der Waals surface area contributed by atoms with E-state index in [9.17, 15) is 19.5 Å². The molecule has 212 valence electrons. The van der Waals surface area contributed by atoms with Gasteiger partial charge in [0.2, 0.25) is 0 Å². The van der Waals surface area contributed by atoms with Gasteiger partial charge in [0.1, 0.15) is 5.01 Å². The van der Waals surface area contributed by atoms with Crippen molar-refractivity contribution in [3.63, 3.8) is 0 Å². The molecule has 0 aliphatic carbocycles. The van der Waals surface area contributed by atoms with E-state index in [-0.39, 0.29) is 18.0 Å². The Labute approximate surface area is 248 Å². The molecule has 9 heteroatoms. The summed E-state index contributed by atoms with van der Waals surface area (Å²) in [6.07, 6.45) is 2.59. The largest absolute Gasteiger partial charge is 0.481 e. The van der Waals surface area contributed by atoms with Gasteiger partial charge in [0.15, 0.2) is 0 Å². The van der Waals surface area contributed by atoms with Crippen LogP contribution in [0.25, 0.3) is 27.5 Å². The molecule has 1 atom stereocenters. The summed E-state index contributed by atoms with van der Waals surface area (Å²) in [6, 6.07) is 15.0. The minimum absolute atomic E-state index is 0.145. The number of carboxylic acids is 1. The van der Waals surface area contributed by atoms with Gasteiger partial charge in [-0.1, -0.05) is 55.8 Å². The van der Waals surface area contributed by atoms with E-state index in [4.69, 9.17) is 16.6 Å². The molecule has 0 spiro atoms. The number of hydrogen-bond acceptors (Lipinski definition) is 5. The van der Waals surface area contributed by atoms with E-state index in [0.29, 0.717) is 64.8 Å². The highest BCUT2D eigenvalue weighted by Crippen LogP contribution is 2.31. The van der Waals surface area contributed by atoms with Crippen molar-refractivity contribution < 1.29 is 14.7 Å². The highest BCUT2D eigenvalue weighted by Gasteiger charge is 2.31. The zero-order valence-electron chi connectivity index (χ0n) is 23.3. The van der Waals surface area contributed by atoms with E-state index < -0.39 is 11.9 Å². The second-order valence-corrected chi connectivity index (χ2v) is 11.6. The van der Waals surface area contributed by atoms with Crippen LogP contribution >= 0.6 is 22.9 Å². The van der Waals surface area contributed by atoms with Gasteiger partial charge in [-0.05, 0) is 61.9 Å². The van der Waals surface area contributed by atoms with E-state index in [1.165, 1.54) is 11.3 Å². The summed E-state index contributed by atoms with van der Waals surface area (Å²) in [7, 11) is 0. The topological polar surface area (TPSA) is 92.5 Å². The van der Waals surface area contributed by atoms with Gasteiger partial charge >= 0.3 is 5.97 Å². The van der Waals surface area contributed by atoms with Gasteiger partial charge in [0, 0.05) is 34.7 Å². The first kappa shape index (κ1) is 28.8. The fourth-order valence-electron chi connectivity index (χ4n) is 5.53. The van der Waals surface area contributed by atoms with Gasteiger partial charge in [0.25, 0.3) is 11.5 Å². The molecule has 1 fully saturated rings. The molecule has 41 heavy (non-hydrogen) atoms. The highest BCUT2D eigenvalue weighted by atomic mass is 35.5. The number of nitrogens with zero attached hydrogens (tertiary/aromatic N) is 3. The van der Waals surface area contributed by atoms with Crippen molar-refractivity contribution in [1.82, 2.24) is 14.5 Å². The highest BCUT2D eigenvalue weighted by molar-refractivity contribution is 7.13. The fourth-order valence-corrected chi connectivity index (χ4v) is 6.49. The fraction of sp³-hybridized carbons (Fsp3) is 0.312. The second kappa shape index (κ2) is 12.0. The number of aryl methyl sites for hydroxylation is 2. The molecular formula is C32H32ClN3O4S. The number of likely N-dealkylation sites (tertiary alicyclic amines) is 1. The number of hydrogen-bond donors (Lipinski definition) is 1. The van der Waals surface area contributed by atoms with Crippen LogP contribution in [0, 0.1) is 12.8 Å². The van der Waals surface area contributed by atoms with Crippen molar-refractivity contribution >= 4 is 34.8 Å². The number of para-hydroxylation sites is 1. The Morgan fingerprint density at radius 3 is 2.41 bits per heavy atom. The Hall–Kier alpha value is -3.75. The van der Waals surface area contributed by atoms with E-state index in [1.807, 2.05) is 49.6 Å². The zero-order chi connectivity index (χ0) is 29.3. The number of thiazole rings is 1. The number of aromatic nitrogens is 2. The molecule has 1 N–H and O–H groups in total. The number of benzene rings is 2. The van der Waals surface area contributed by atoms with Crippen molar-refractivity contribution in [1.29, 1.82) is 0 Å². The number of carbonyl (C=O) groups is 2. The smallest absolute Gasteiger partial charge is 0.308 e. The van der Waals surface area contributed by atoms with Crippen LogP contribution in [0.4, 0.5) is 0 Å². The lowest BCUT2D eigenvalue weighted by atomic mass is 9.97. The number of carbonyl (C=O) groups excluding carboxylic acids is 1. The first-order valence-electron chi connectivity index (χ1n) is 13.8. The summed E-state index contributed by atoms with van der Waals surface area (Å²) < 4.78 is 1.67. The predicted octanol–water partition coefficient (Wildman–Crippen LogP) is 6.65. The monoisotopic (exact) mass is 589 g/mol. The first-order chi connectivity index (χ1) is 19.7. The van der Waals surface area contributed by atoms with Gasteiger partial charge < -0.3 is 10.0 Å². The van der Waals surface area contributed by atoms with Crippen molar-refractivity contribution in [3.8, 4) is 27.5 Å². The maximum Gasteiger partial charge on any atom is 0.308 e. The summed E-state index contributed by atoms with van der Waals surface area (Å²) in [5.74, 6) is -1.77. The molecule has 1 aliphatic rings. The van der Waals surface area contributed by atoms with E-state index in [2.05, 4.69) is 0 Å². The standard InChI is InChI=1S/C32H32ClN3O4S/c1-4-20-8-6-9-21(5-2)28(20)36-19(3)25(30(37)35-15-7-10-23(17-35)32(39)40)16-26(31(36)38)29-34-27(18-41-29)22-11-13-24(33)14-12-22/h6,8-9,11-14,16,18,23H,4-5,7,10,15,17H2,1-3H3,(H,39,40). The molecular weight excluding hydrogens is 558 g/mol. The van der Waals surface area contributed by atoms with Crippen molar-refractivity contribution in [2.24, 2.45) is 5.92 Å². The van der Waals surface area contributed by atoms with Crippen LogP contribution < -0.4 is 5.56 Å². The lowest BCUT2D eigenvalue weighted by Gasteiger charge is -2.31. The maximum atomic E-state index is 14.3. The molecule has 2 aromatic heterocycles. The molecule has 0 saturated carbocycles. The van der Waals surface area contributed by atoms with E-state index >= 15 is 0 Å². The van der Waals surface area contributed by atoms with Crippen LogP contribution in [0.2, 0.25) is 5.02 Å². The Kier molecular flexibility index (Phi) is 8.42. The lowest BCUT2D eigenvalue weighted by molar-refractivity contribution is -0.143. The van der Waals surface area contributed by atoms with E-state index in [0.717, 1.165) is 22.4 Å². The zero-order valence-corrected chi connectivity index (χ0v) is 24.9. The Morgan fingerprint density at radius 1 is 1.10 bits per heavy atom. The summed E-state index contributed by atoms with van der Waals surface area (Å²) >= 11 is 7.41. The Morgan fingerprint density at radius 2 is 1.78 bits per heavy atom. The molecule has 2 aromatic carbocycles. The Bertz CT molecular complexity index is 1650. The number of halogens is 1. The lowest BCUT2D eigenvalue weighted by Crippen LogP contribution is -2.43. The second-order valence-electron chi connectivity index (χ2n) is 10.3. The third-order valence-corrected chi connectivity index (χ3v) is 8.93. The predicted molar refractivity (Wildman–Crippen MR) is 163 cm³/mol. The Balaban J connectivity index is 1.71. The maximum absolute atomic E-state index is 14.3. The molecule has 7 nitrogen and oxygen atoms in total. The van der Waals surface area contributed by atoms with Crippen LogP contribution in [0.5, 0.6) is 0 Å². The quantitative estimate of drug-likeness (QED) is 0.260. The van der Waals surface area contributed by atoms with Crippen molar-refractivity contribution in [3.05, 3.63) is 91.7 Å². The summed E-state index contributed by atoms with van der Waals surface area (Å²) in [6.45, 7) is 6.51. The summed E-state index contributed by atoms with van der Waals surface area (Å²) in [5, 5.41) is 12.6. The number of carboxylic acid groups (broad SMARTS) is 1. The van der Waals surface area contributed by atoms with Gasteiger partial charge in [-0.25, -0.2) is 4.98 Å². The van der Waals surface area contributed by atoms with Crippen molar-refractivity contribution in [2.75, 3.05) is 13.1 Å². The third kappa shape index (κ3) is 5.59. The minimum Gasteiger partial charge on any atom is -0.481 e. The summed E-state index contributed by atoms with van der Waals surface area (Å²) in [4.78, 5) is 46.5. The number of amides is 1. The molecule has 1 saturated heterocycles. The molecule has 5 rings (SSSR count). The normalized spacial score (nSPS) is 15.2. The average molecular weight is 590 g/mol. The summed E-state index contributed by atoms with van der Waals surface area (Å²) in [5.41, 5.74) is 5.41. The number of pyridine rings is 1. The molecule has 4 aromatic rings. The molecule has 1 aliphatic heterocycles. The van der Waals surface area contributed by atoms with Crippen LogP contribution in [-0.2, 0) is 17.6 Å². The molecule has 1 unspecified atom stereocenters. The molecule has 0 bridgehead atoms. The minimum atomic E-state index is -0.896. The first-order valence-corrected chi connectivity index (χ1v) is 15.1. The third-order valence-electron chi connectivity index (χ3n) is 7.80. The van der Waals surface area contributed by atoms with Gasteiger partial charge in [-0.3, -0.25) is 19.0 Å². The van der Waals surface area contributed by atoms with Crippen LogP contribution in [-0.4, -0.2) is 44.5 Å². The molecule has 1 amide bonds. The van der Waals surface area contributed by atoms with Gasteiger partial charge in [-0.2, -0.15) is 0 Å². The molecule has 0 radical (unpaired) electrons. The van der Waals surface area contributed by atoms with Gasteiger partial charge in [-0.15, -0.1) is 11.3 Å². The van der Waals surface area contributed by atoms with Crippen LogP contribution in [0.15, 0.2) is 58.7 Å². The van der Waals surface area contributed by atoms with E-state index in [1.54, 1.807) is 34.6 Å². The molecule has 3 heterocycles. The SMILES string of the molecule is CCc1cccc(CC)c1-n1c(C)c(C(=O)N2CCCC(C(=O)O)C2)cc(-c2nc(-c3ccc(Cl)cc3)cs2)c1=O. The van der Waals surface area contributed by atoms with Crippen LogP contribution in [0.3, 0.4) is 0 Å². The van der Waals surface area contributed by atoms with Crippen molar-refractivity contribution in [2.45, 2.75) is 46.5 Å².